The molecule has 294 valence electrons. The number of benzene rings is 9. The summed E-state index contributed by atoms with van der Waals surface area (Å²) >= 11 is 0. The number of hydrogen-bond donors (Lipinski definition) is 0. The monoisotopic (exact) mass is 805 g/mol. The lowest BCUT2D eigenvalue weighted by Gasteiger charge is -2.10. The van der Waals surface area contributed by atoms with E-state index in [1.165, 1.54) is 43.7 Å². The number of fused-ring (bicyclic) bond motifs is 9. The summed E-state index contributed by atoms with van der Waals surface area (Å²) in [6.07, 6.45) is 0. The molecule has 0 fully saturated rings. The molecule has 13 aromatic rings. The normalized spacial score (nSPS) is 11.8. The summed E-state index contributed by atoms with van der Waals surface area (Å²) in [5.41, 5.74) is 13.5. The summed E-state index contributed by atoms with van der Waals surface area (Å²) in [7, 11) is 0. The standard InChI is InChI=1S/C57H35N5O/c1-4-15-36(16-5-1)55-58-56(37-17-6-2-7-18-37)60-57(59-55)45-23-14-26-52-54(45)44-30-29-41(35-53(44)63-52)62-49-25-13-11-22-43(49)47-34-39(28-32-51(47)62)38-27-31-50-46(33-38)42-21-10-12-24-48(42)61(50)40-19-8-3-9-20-40/h1-35H. The fourth-order valence-electron chi connectivity index (χ4n) is 9.51. The van der Waals surface area contributed by atoms with E-state index in [1.807, 2.05) is 72.8 Å². The topological polar surface area (TPSA) is 61.7 Å². The fraction of sp³-hybridized carbons (Fsp3) is 0. The van der Waals surface area contributed by atoms with Crippen LogP contribution in [0.2, 0.25) is 0 Å². The fourth-order valence-corrected chi connectivity index (χ4v) is 9.51. The summed E-state index contributed by atoms with van der Waals surface area (Å²) in [5, 5.41) is 6.84. The van der Waals surface area contributed by atoms with Gasteiger partial charge in [0.05, 0.1) is 22.1 Å². The van der Waals surface area contributed by atoms with Gasteiger partial charge in [0.15, 0.2) is 17.5 Å². The highest BCUT2D eigenvalue weighted by Crippen LogP contribution is 2.41. The number of aromatic nitrogens is 5. The molecule has 0 saturated carbocycles. The van der Waals surface area contributed by atoms with E-state index >= 15 is 0 Å². The van der Waals surface area contributed by atoms with Crippen molar-refractivity contribution in [2.24, 2.45) is 0 Å². The van der Waals surface area contributed by atoms with Crippen molar-refractivity contribution >= 4 is 65.6 Å². The van der Waals surface area contributed by atoms with Gasteiger partial charge >= 0.3 is 0 Å². The van der Waals surface area contributed by atoms with Crippen molar-refractivity contribution in [3.63, 3.8) is 0 Å². The van der Waals surface area contributed by atoms with Gasteiger partial charge in [0.1, 0.15) is 11.2 Å². The van der Waals surface area contributed by atoms with Crippen LogP contribution in [0.1, 0.15) is 0 Å². The van der Waals surface area contributed by atoms with E-state index in [4.69, 9.17) is 19.4 Å². The Labute approximate surface area is 361 Å². The Balaban J connectivity index is 0.942. The second kappa shape index (κ2) is 14.0. The molecule has 6 heteroatoms. The van der Waals surface area contributed by atoms with Gasteiger partial charge in [0.25, 0.3) is 0 Å². The smallest absolute Gasteiger partial charge is 0.164 e. The summed E-state index contributed by atoms with van der Waals surface area (Å²) in [6, 6.07) is 74.5. The quantitative estimate of drug-likeness (QED) is 0.168. The minimum atomic E-state index is 0.597. The molecule has 0 bridgehead atoms. The summed E-state index contributed by atoms with van der Waals surface area (Å²) < 4.78 is 11.4. The van der Waals surface area contributed by atoms with Crippen molar-refractivity contribution in [1.82, 2.24) is 24.1 Å². The Bertz CT molecular complexity index is 3850. The Kier molecular flexibility index (Phi) is 7.80. The van der Waals surface area contributed by atoms with Crippen LogP contribution in [0.25, 0.3) is 122 Å². The first-order valence-corrected chi connectivity index (χ1v) is 21.2. The van der Waals surface area contributed by atoms with Crippen molar-refractivity contribution in [2.45, 2.75) is 0 Å². The summed E-state index contributed by atoms with van der Waals surface area (Å²) in [6.45, 7) is 0. The molecule has 63 heavy (non-hydrogen) atoms. The number of hydrogen-bond acceptors (Lipinski definition) is 4. The highest BCUT2D eigenvalue weighted by atomic mass is 16.3. The van der Waals surface area contributed by atoms with E-state index in [-0.39, 0.29) is 0 Å². The predicted octanol–water partition coefficient (Wildman–Crippen LogP) is 14.6. The van der Waals surface area contributed by atoms with Crippen LogP contribution in [0.5, 0.6) is 0 Å². The van der Waals surface area contributed by atoms with E-state index in [0.717, 1.165) is 61.0 Å². The van der Waals surface area contributed by atoms with E-state index in [1.54, 1.807) is 0 Å². The number of nitrogens with zero attached hydrogens (tertiary/aromatic N) is 5. The molecule has 0 spiro atoms. The first kappa shape index (κ1) is 35.2. The molecule has 0 unspecified atom stereocenters. The maximum Gasteiger partial charge on any atom is 0.164 e. The zero-order valence-electron chi connectivity index (χ0n) is 33.9. The van der Waals surface area contributed by atoms with Crippen molar-refractivity contribution in [3.8, 4) is 56.7 Å². The zero-order valence-corrected chi connectivity index (χ0v) is 33.9. The lowest BCUT2D eigenvalue weighted by atomic mass is 10.0. The average Bonchev–Trinajstić information content (AvgIpc) is 4.01. The van der Waals surface area contributed by atoms with Crippen LogP contribution in [0.15, 0.2) is 217 Å². The molecule has 13 rings (SSSR count). The molecule has 0 radical (unpaired) electrons. The van der Waals surface area contributed by atoms with Crippen molar-refractivity contribution < 1.29 is 4.42 Å². The highest BCUT2D eigenvalue weighted by molar-refractivity contribution is 6.14. The Morgan fingerprint density at radius 2 is 0.810 bits per heavy atom. The lowest BCUT2D eigenvalue weighted by Crippen LogP contribution is -2.00. The minimum absolute atomic E-state index is 0.597. The second-order valence-electron chi connectivity index (χ2n) is 16.0. The van der Waals surface area contributed by atoms with Gasteiger partial charge in [-0.25, -0.2) is 15.0 Å². The van der Waals surface area contributed by atoms with Gasteiger partial charge in [-0.05, 0) is 77.9 Å². The molecule has 9 aromatic carbocycles. The van der Waals surface area contributed by atoms with E-state index in [9.17, 15) is 0 Å². The second-order valence-corrected chi connectivity index (χ2v) is 16.0. The molecule has 6 nitrogen and oxygen atoms in total. The predicted molar refractivity (Wildman–Crippen MR) is 258 cm³/mol. The highest BCUT2D eigenvalue weighted by Gasteiger charge is 2.20. The third-order valence-electron chi connectivity index (χ3n) is 12.4. The summed E-state index contributed by atoms with van der Waals surface area (Å²) in [5.74, 6) is 1.84. The molecular formula is C57H35N5O. The van der Waals surface area contributed by atoms with Gasteiger partial charge in [-0.3, -0.25) is 0 Å². The first-order valence-electron chi connectivity index (χ1n) is 21.2. The lowest BCUT2D eigenvalue weighted by molar-refractivity contribution is 0.668. The average molecular weight is 806 g/mol. The Morgan fingerprint density at radius 1 is 0.302 bits per heavy atom. The third kappa shape index (κ3) is 5.62. The molecule has 0 atom stereocenters. The largest absolute Gasteiger partial charge is 0.456 e. The molecule has 0 amide bonds. The van der Waals surface area contributed by atoms with Crippen LogP contribution in [-0.4, -0.2) is 24.1 Å². The van der Waals surface area contributed by atoms with Gasteiger partial charge in [-0.15, -0.1) is 0 Å². The third-order valence-corrected chi connectivity index (χ3v) is 12.4. The van der Waals surface area contributed by atoms with Crippen molar-refractivity contribution in [2.75, 3.05) is 0 Å². The van der Waals surface area contributed by atoms with Gasteiger partial charge in [-0.1, -0.05) is 140 Å². The first-order chi connectivity index (χ1) is 31.2. The van der Waals surface area contributed by atoms with Crippen LogP contribution < -0.4 is 0 Å². The van der Waals surface area contributed by atoms with Crippen molar-refractivity contribution in [1.29, 1.82) is 0 Å². The molecule has 0 aliphatic heterocycles. The van der Waals surface area contributed by atoms with Crippen LogP contribution >= 0.6 is 0 Å². The van der Waals surface area contributed by atoms with Crippen LogP contribution in [0, 0.1) is 0 Å². The molecule has 0 aliphatic carbocycles. The number of rotatable bonds is 6. The molecule has 4 aromatic heterocycles. The Hall–Kier alpha value is -8.61. The van der Waals surface area contributed by atoms with E-state index in [2.05, 4.69) is 149 Å². The maximum atomic E-state index is 6.69. The summed E-state index contributed by atoms with van der Waals surface area (Å²) in [4.78, 5) is 15.1. The minimum Gasteiger partial charge on any atom is -0.456 e. The zero-order chi connectivity index (χ0) is 41.4. The molecule has 4 heterocycles. The molecule has 0 N–H and O–H groups in total. The van der Waals surface area contributed by atoms with Crippen LogP contribution in [0.3, 0.4) is 0 Å². The van der Waals surface area contributed by atoms with Gasteiger partial charge in [0, 0.05) is 66.4 Å². The maximum absolute atomic E-state index is 6.69. The van der Waals surface area contributed by atoms with Gasteiger partial charge < -0.3 is 13.6 Å². The van der Waals surface area contributed by atoms with Gasteiger partial charge in [0.2, 0.25) is 0 Å². The molecule has 0 aliphatic rings. The Morgan fingerprint density at radius 3 is 1.41 bits per heavy atom. The number of furan rings is 1. The number of para-hydroxylation sites is 3. The molecular weight excluding hydrogens is 771 g/mol. The van der Waals surface area contributed by atoms with Gasteiger partial charge in [-0.2, -0.15) is 0 Å². The SMILES string of the molecule is c1ccc(-c2nc(-c3ccccc3)nc(-c3cccc4oc5cc(-n6c7ccccc7c7cc(-c8ccc9c(c8)c8ccccc8n9-c8ccccc8)ccc76)ccc5c34)n2)cc1. The van der Waals surface area contributed by atoms with E-state index < -0.39 is 0 Å². The van der Waals surface area contributed by atoms with Crippen molar-refractivity contribution in [3.05, 3.63) is 212 Å². The molecule has 0 saturated heterocycles. The van der Waals surface area contributed by atoms with Crippen LogP contribution in [-0.2, 0) is 0 Å². The van der Waals surface area contributed by atoms with E-state index in [0.29, 0.717) is 17.5 Å². The van der Waals surface area contributed by atoms with Crippen LogP contribution in [0.4, 0.5) is 0 Å².